The monoisotopic (exact) mass is 160 g/mol. The molecule has 1 aliphatic rings. The van der Waals surface area contributed by atoms with Gasteiger partial charge in [-0.3, -0.25) is 9.59 Å². The second kappa shape index (κ2) is 2.70. The summed E-state index contributed by atoms with van der Waals surface area (Å²) >= 11 is 5.60. The highest BCUT2D eigenvalue weighted by molar-refractivity contribution is 6.33. The summed E-state index contributed by atoms with van der Waals surface area (Å²) in [6.07, 6.45) is 1.30. The van der Waals surface area contributed by atoms with Gasteiger partial charge < -0.3 is 0 Å². The molecule has 1 rings (SSSR count). The fraction of sp³-hybridized carbons (Fsp3) is 0.714. The molecule has 1 fully saturated rings. The van der Waals surface area contributed by atoms with Crippen LogP contribution >= 0.6 is 11.6 Å². The molecule has 0 heterocycles. The Morgan fingerprint density at radius 2 is 2.20 bits per heavy atom. The van der Waals surface area contributed by atoms with Crippen LogP contribution < -0.4 is 0 Å². The topological polar surface area (TPSA) is 34.1 Å². The van der Waals surface area contributed by atoms with Gasteiger partial charge >= 0.3 is 0 Å². The molecule has 10 heavy (non-hydrogen) atoms. The average Bonchev–Trinajstić information content (AvgIpc) is 2.14. The van der Waals surface area contributed by atoms with Gasteiger partial charge in [-0.2, -0.15) is 0 Å². The van der Waals surface area contributed by atoms with Crippen LogP contribution in [0.4, 0.5) is 0 Å². The Morgan fingerprint density at radius 3 is 2.40 bits per heavy atom. The Balaban J connectivity index is 2.66. The molecule has 0 aromatic rings. The van der Waals surface area contributed by atoms with E-state index in [2.05, 4.69) is 0 Å². The molecule has 0 saturated heterocycles. The zero-order valence-corrected chi connectivity index (χ0v) is 6.52. The minimum atomic E-state index is -0.408. The third-order valence-electron chi connectivity index (χ3n) is 1.85. The maximum atomic E-state index is 11.0. The van der Waals surface area contributed by atoms with Crippen molar-refractivity contribution in [1.29, 1.82) is 0 Å². The maximum Gasteiger partial charge on any atom is 0.161 e. The number of alkyl halides is 1. The van der Waals surface area contributed by atoms with Crippen LogP contribution in [0.15, 0.2) is 0 Å². The summed E-state index contributed by atoms with van der Waals surface area (Å²) in [5, 5.41) is -0.408. The van der Waals surface area contributed by atoms with Crippen molar-refractivity contribution in [3.05, 3.63) is 0 Å². The van der Waals surface area contributed by atoms with E-state index >= 15 is 0 Å². The van der Waals surface area contributed by atoms with Gasteiger partial charge in [0, 0.05) is 0 Å². The van der Waals surface area contributed by atoms with Crippen LogP contribution in [0.2, 0.25) is 0 Å². The molecule has 0 bridgehead atoms. The number of Topliss-reactive ketones (excluding diaryl/α,β-unsaturated/α-hetero) is 2. The average molecular weight is 161 g/mol. The maximum absolute atomic E-state index is 11.0. The van der Waals surface area contributed by atoms with Crippen molar-refractivity contribution in [3.63, 3.8) is 0 Å². The smallest absolute Gasteiger partial charge is 0.161 e. The highest BCUT2D eigenvalue weighted by Gasteiger charge is 2.35. The van der Waals surface area contributed by atoms with Crippen LogP contribution in [0.1, 0.15) is 19.8 Å². The van der Waals surface area contributed by atoms with Gasteiger partial charge in [0.2, 0.25) is 0 Å². The number of halogens is 1. The zero-order chi connectivity index (χ0) is 7.72. The first-order valence-corrected chi connectivity index (χ1v) is 3.75. The van der Waals surface area contributed by atoms with Crippen molar-refractivity contribution in [2.45, 2.75) is 25.1 Å². The van der Waals surface area contributed by atoms with E-state index in [1.165, 1.54) is 6.92 Å². The van der Waals surface area contributed by atoms with Crippen molar-refractivity contribution in [3.8, 4) is 0 Å². The molecular formula is C7H9ClO2. The second-order valence-electron chi connectivity index (χ2n) is 2.61. The number of hydrogen-bond acceptors (Lipinski definition) is 2. The van der Waals surface area contributed by atoms with Crippen molar-refractivity contribution in [2.75, 3.05) is 0 Å². The minimum absolute atomic E-state index is 0.0480. The standard InChI is InChI=1S/C7H9ClO2/c1-4(9)5-2-3-6(8)7(5)10/h5-6H,2-3H2,1H3. The molecule has 0 aromatic heterocycles. The molecule has 0 amide bonds. The van der Waals surface area contributed by atoms with Gasteiger partial charge in [0.05, 0.1) is 11.3 Å². The number of ketones is 2. The minimum Gasteiger partial charge on any atom is -0.299 e. The normalized spacial score (nSPS) is 32.8. The molecule has 0 aliphatic heterocycles. The number of rotatable bonds is 1. The largest absolute Gasteiger partial charge is 0.299 e. The highest BCUT2D eigenvalue weighted by Crippen LogP contribution is 2.26. The van der Waals surface area contributed by atoms with Gasteiger partial charge in [0.25, 0.3) is 0 Å². The van der Waals surface area contributed by atoms with E-state index in [-0.39, 0.29) is 11.6 Å². The van der Waals surface area contributed by atoms with E-state index < -0.39 is 11.3 Å². The van der Waals surface area contributed by atoms with Crippen molar-refractivity contribution < 1.29 is 9.59 Å². The fourth-order valence-corrected chi connectivity index (χ4v) is 1.50. The molecule has 2 nitrogen and oxygen atoms in total. The van der Waals surface area contributed by atoms with Crippen LogP contribution in [0, 0.1) is 5.92 Å². The lowest BCUT2D eigenvalue weighted by atomic mass is 10.0. The molecule has 0 N–H and O–H groups in total. The number of carbonyl (C=O) groups is 2. The summed E-state index contributed by atoms with van der Waals surface area (Å²) in [5.74, 6) is -0.537. The summed E-state index contributed by atoms with van der Waals surface area (Å²) in [6.45, 7) is 1.44. The Hall–Kier alpha value is -0.370. The van der Waals surface area contributed by atoms with Gasteiger partial charge in [-0.25, -0.2) is 0 Å². The van der Waals surface area contributed by atoms with Crippen LogP contribution in [0.25, 0.3) is 0 Å². The van der Waals surface area contributed by atoms with Gasteiger partial charge in [0.1, 0.15) is 5.78 Å². The number of hydrogen-bond donors (Lipinski definition) is 0. The Labute approximate surface area is 64.5 Å². The third-order valence-corrected chi connectivity index (χ3v) is 2.28. The Kier molecular flexibility index (Phi) is 2.09. The van der Waals surface area contributed by atoms with E-state index in [4.69, 9.17) is 11.6 Å². The molecule has 1 aliphatic carbocycles. The lowest BCUT2D eigenvalue weighted by Crippen LogP contribution is -2.19. The zero-order valence-electron chi connectivity index (χ0n) is 5.76. The quantitative estimate of drug-likeness (QED) is 0.426. The molecule has 0 spiro atoms. The summed E-state index contributed by atoms with van der Waals surface area (Å²) in [6, 6.07) is 0. The first-order valence-electron chi connectivity index (χ1n) is 3.31. The van der Waals surface area contributed by atoms with Gasteiger partial charge in [-0.05, 0) is 19.8 Å². The Bertz CT molecular complexity index is 176. The highest BCUT2D eigenvalue weighted by atomic mass is 35.5. The molecule has 56 valence electrons. The molecule has 1 saturated carbocycles. The van der Waals surface area contributed by atoms with Gasteiger partial charge in [-0.1, -0.05) is 0 Å². The second-order valence-corrected chi connectivity index (χ2v) is 3.14. The van der Waals surface area contributed by atoms with E-state index in [1.54, 1.807) is 0 Å². The van der Waals surface area contributed by atoms with E-state index in [0.717, 1.165) is 0 Å². The molecule has 0 radical (unpaired) electrons. The van der Waals surface area contributed by atoms with E-state index in [9.17, 15) is 9.59 Å². The molecule has 2 atom stereocenters. The molecular weight excluding hydrogens is 152 g/mol. The van der Waals surface area contributed by atoms with Gasteiger partial charge in [0.15, 0.2) is 5.78 Å². The van der Waals surface area contributed by atoms with Crippen LogP contribution in [0.3, 0.4) is 0 Å². The van der Waals surface area contributed by atoms with Crippen LogP contribution in [0.5, 0.6) is 0 Å². The SMILES string of the molecule is CC(=O)C1CCC(Cl)C1=O. The van der Waals surface area contributed by atoms with Gasteiger partial charge in [-0.15, -0.1) is 11.6 Å². The Morgan fingerprint density at radius 1 is 1.60 bits per heavy atom. The van der Waals surface area contributed by atoms with Crippen molar-refractivity contribution >= 4 is 23.2 Å². The summed E-state index contributed by atoms with van der Waals surface area (Å²) in [7, 11) is 0. The first-order chi connectivity index (χ1) is 4.63. The first kappa shape index (κ1) is 7.73. The van der Waals surface area contributed by atoms with Crippen molar-refractivity contribution in [2.24, 2.45) is 5.92 Å². The number of carbonyl (C=O) groups excluding carboxylic acids is 2. The summed E-state index contributed by atoms with van der Waals surface area (Å²) < 4.78 is 0. The summed E-state index contributed by atoms with van der Waals surface area (Å²) in [5.41, 5.74) is 0. The van der Waals surface area contributed by atoms with Crippen molar-refractivity contribution in [1.82, 2.24) is 0 Å². The summed E-state index contributed by atoms with van der Waals surface area (Å²) in [4.78, 5) is 21.7. The lowest BCUT2D eigenvalue weighted by Gasteiger charge is -2.00. The lowest BCUT2D eigenvalue weighted by molar-refractivity contribution is -0.129. The molecule has 2 unspecified atom stereocenters. The van der Waals surface area contributed by atoms with Crippen LogP contribution in [-0.2, 0) is 9.59 Å². The molecule has 3 heteroatoms. The van der Waals surface area contributed by atoms with E-state index in [0.29, 0.717) is 12.8 Å². The fourth-order valence-electron chi connectivity index (χ4n) is 1.22. The third kappa shape index (κ3) is 1.21. The van der Waals surface area contributed by atoms with E-state index in [1.807, 2.05) is 0 Å². The molecule has 0 aromatic carbocycles. The van der Waals surface area contributed by atoms with Crippen LogP contribution in [-0.4, -0.2) is 16.9 Å². The predicted octanol–water partition coefficient (Wildman–Crippen LogP) is 1.16. The predicted molar refractivity (Wildman–Crippen MR) is 38.1 cm³/mol.